The van der Waals surface area contributed by atoms with Crippen LogP contribution in [-0.4, -0.2) is 29.2 Å². The molecule has 2 atom stereocenters. The van der Waals surface area contributed by atoms with Crippen LogP contribution in [0.4, 0.5) is 0 Å². The quantitative estimate of drug-likeness (QED) is 0.780. The average molecular weight is 231 g/mol. The van der Waals surface area contributed by atoms with Crippen molar-refractivity contribution in [3.8, 4) is 0 Å². The molecule has 17 heavy (non-hydrogen) atoms. The molecule has 0 bridgehead atoms. The fraction of sp³-hybridized carbons (Fsp3) is 0.429. The van der Waals surface area contributed by atoms with E-state index in [-0.39, 0.29) is 23.7 Å². The van der Waals surface area contributed by atoms with E-state index in [1.807, 2.05) is 30.3 Å². The summed E-state index contributed by atoms with van der Waals surface area (Å²) in [6, 6.07) is 9.69. The van der Waals surface area contributed by atoms with Gasteiger partial charge in [0.1, 0.15) is 0 Å². The number of likely N-dealkylation sites (tertiary alicyclic amines) is 1. The van der Waals surface area contributed by atoms with Crippen LogP contribution in [0, 0.1) is 0 Å². The number of nitrogens with zero attached hydrogens (tertiary/aromatic N) is 1. The highest BCUT2D eigenvalue weighted by molar-refractivity contribution is 5.88. The number of hydrogen-bond acceptors (Lipinski definition) is 2. The molecular weight excluding hydrogens is 214 g/mol. The molecule has 1 aliphatic heterocycles. The van der Waals surface area contributed by atoms with Crippen LogP contribution >= 0.6 is 0 Å². The molecule has 0 radical (unpaired) electrons. The van der Waals surface area contributed by atoms with Crippen molar-refractivity contribution in [2.45, 2.75) is 32.2 Å². The molecule has 1 fully saturated rings. The first-order chi connectivity index (χ1) is 8.11. The molecule has 0 saturated carbocycles. The third-order valence-corrected chi connectivity index (χ3v) is 3.45. The summed E-state index contributed by atoms with van der Waals surface area (Å²) < 4.78 is 0. The van der Waals surface area contributed by atoms with Crippen LogP contribution in [0.1, 0.15) is 31.7 Å². The smallest absolute Gasteiger partial charge is 0.220 e. The van der Waals surface area contributed by atoms with Gasteiger partial charge >= 0.3 is 0 Å². The molecule has 1 saturated heterocycles. The Balaban J connectivity index is 2.30. The summed E-state index contributed by atoms with van der Waals surface area (Å²) in [6.45, 7) is 3.78. The van der Waals surface area contributed by atoms with Gasteiger partial charge in [0, 0.05) is 19.4 Å². The van der Waals surface area contributed by atoms with Crippen LogP contribution in [0.5, 0.6) is 0 Å². The molecule has 0 spiro atoms. The van der Waals surface area contributed by atoms with Crippen molar-refractivity contribution in [3.63, 3.8) is 0 Å². The first kappa shape index (κ1) is 11.8. The average Bonchev–Trinajstić information content (AvgIpc) is 2.74. The number of benzene rings is 1. The Hall–Kier alpha value is -1.64. The molecule has 3 heteroatoms. The second-order valence-corrected chi connectivity index (χ2v) is 4.57. The number of carbonyl (C=O) groups is 2. The fourth-order valence-electron chi connectivity index (χ4n) is 2.70. The second-order valence-electron chi connectivity index (χ2n) is 4.57. The van der Waals surface area contributed by atoms with Crippen LogP contribution in [0.15, 0.2) is 30.3 Å². The topological polar surface area (TPSA) is 37.4 Å². The number of ketones is 1. The zero-order chi connectivity index (χ0) is 12.4. The van der Waals surface area contributed by atoms with E-state index in [0.29, 0.717) is 6.54 Å². The van der Waals surface area contributed by atoms with Gasteiger partial charge in [0.2, 0.25) is 5.91 Å². The van der Waals surface area contributed by atoms with E-state index < -0.39 is 0 Å². The Labute approximate surface area is 101 Å². The highest BCUT2D eigenvalue weighted by Gasteiger charge is 2.39. The SMILES string of the molecule is CC(=O)[C@@H]1[C@@H](c2ccccc2)CCN1C(C)=O. The van der Waals surface area contributed by atoms with Crippen molar-refractivity contribution in [1.29, 1.82) is 0 Å². The van der Waals surface area contributed by atoms with Crippen LogP contribution < -0.4 is 0 Å². The Kier molecular flexibility index (Phi) is 3.27. The molecule has 0 N–H and O–H groups in total. The van der Waals surface area contributed by atoms with Crippen LogP contribution in [0.3, 0.4) is 0 Å². The molecule has 0 unspecified atom stereocenters. The van der Waals surface area contributed by atoms with E-state index in [2.05, 4.69) is 0 Å². The van der Waals surface area contributed by atoms with Crippen molar-refractivity contribution in [3.05, 3.63) is 35.9 Å². The zero-order valence-electron chi connectivity index (χ0n) is 10.2. The predicted molar refractivity (Wildman–Crippen MR) is 65.7 cm³/mol. The maximum absolute atomic E-state index is 11.8. The van der Waals surface area contributed by atoms with E-state index >= 15 is 0 Å². The Morgan fingerprint density at radius 2 is 1.82 bits per heavy atom. The van der Waals surface area contributed by atoms with Gasteiger partial charge in [-0.25, -0.2) is 0 Å². The van der Waals surface area contributed by atoms with Crippen molar-refractivity contribution in [2.24, 2.45) is 0 Å². The Bertz CT molecular complexity index is 427. The van der Waals surface area contributed by atoms with Gasteiger partial charge in [0.05, 0.1) is 6.04 Å². The van der Waals surface area contributed by atoms with Gasteiger partial charge in [0.25, 0.3) is 0 Å². The molecule has 1 heterocycles. The summed E-state index contributed by atoms with van der Waals surface area (Å²) in [4.78, 5) is 25.0. The summed E-state index contributed by atoms with van der Waals surface area (Å²) in [5, 5.41) is 0. The lowest BCUT2D eigenvalue weighted by Crippen LogP contribution is -2.40. The Morgan fingerprint density at radius 1 is 1.18 bits per heavy atom. The van der Waals surface area contributed by atoms with Crippen molar-refractivity contribution in [2.75, 3.05) is 6.54 Å². The van der Waals surface area contributed by atoms with Gasteiger partial charge in [-0.1, -0.05) is 30.3 Å². The molecule has 0 aliphatic carbocycles. The first-order valence-corrected chi connectivity index (χ1v) is 5.94. The molecule has 1 aromatic carbocycles. The van der Waals surface area contributed by atoms with E-state index in [1.165, 1.54) is 6.92 Å². The maximum atomic E-state index is 11.8. The zero-order valence-corrected chi connectivity index (χ0v) is 10.2. The number of rotatable bonds is 2. The first-order valence-electron chi connectivity index (χ1n) is 5.94. The lowest BCUT2D eigenvalue weighted by atomic mass is 9.90. The highest BCUT2D eigenvalue weighted by atomic mass is 16.2. The van der Waals surface area contributed by atoms with Gasteiger partial charge in [-0.15, -0.1) is 0 Å². The summed E-state index contributed by atoms with van der Waals surface area (Å²) in [7, 11) is 0. The van der Waals surface area contributed by atoms with Crippen molar-refractivity contribution >= 4 is 11.7 Å². The normalized spacial score (nSPS) is 23.8. The molecule has 90 valence electrons. The minimum absolute atomic E-state index is 0.0105. The highest BCUT2D eigenvalue weighted by Crippen LogP contribution is 2.33. The maximum Gasteiger partial charge on any atom is 0.220 e. The fourth-order valence-corrected chi connectivity index (χ4v) is 2.70. The van der Waals surface area contributed by atoms with E-state index in [0.717, 1.165) is 12.0 Å². The van der Waals surface area contributed by atoms with Crippen LogP contribution in [-0.2, 0) is 9.59 Å². The van der Waals surface area contributed by atoms with E-state index in [9.17, 15) is 9.59 Å². The van der Waals surface area contributed by atoms with E-state index in [4.69, 9.17) is 0 Å². The minimum Gasteiger partial charge on any atom is -0.332 e. The Morgan fingerprint density at radius 3 is 2.35 bits per heavy atom. The molecule has 1 aromatic rings. The summed E-state index contributed by atoms with van der Waals surface area (Å²) in [5.74, 6) is 0.216. The van der Waals surface area contributed by atoms with Crippen LogP contribution in [0.2, 0.25) is 0 Å². The monoisotopic (exact) mass is 231 g/mol. The second kappa shape index (κ2) is 4.70. The lowest BCUT2D eigenvalue weighted by Gasteiger charge is -2.25. The summed E-state index contributed by atoms with van der Waals surface area (Å²) in [6.07, 6.45) is 0.869. The number of amides is 1. The molecule has 2 rings (SSSR count). The van der Waals surface area contributed by atoms with Gasteiger partial charge in [-0.05, 0) is 18.9 Å². The predicted octanol–water partition coefficient (Wildman–Crippen LogP) is 1.98. The largest absolute Gasteiger partial charge is 0.332 e. The third kappa shape index (κ3) is 2.23. The van der Waals surface area contributed by atoms with Gasteiger partial charge in [-0.2, -0.15) is 0 Å². The number of carbonyl (C=O) groups excluding carboxylic acids is 2. The summed E-state index contributed by atoms with van der Waals surface area (Å²) in [5.41, 5.74) is 1.15. The van der Waals surface area contributed by atoms with Gasteiger partial charge in [0.15, 0.2) is 5.78 Å². The molecule has 0 aromatic heterocycles. The van der Waals surface area contributed by atoms with Gasteiger partial charge < -0.3 is 4.90 Å². The van der Waals surface area contributed by atoms with Gasteiger partial charge in [-0.3, -0.25) is 9.59 Å². The minimum atomic E-state index is -0.283. The molecule has 1 amide bonds. The molecule has 1 aliphatic rings. The third-order valence-electron chi connectivity index (χ3n) is 3.45. The number of hydrogen-bond donors (Lipinski definition) is 0. The van der Waals surface area contributed by atoms with E-state index in [1.54, 1.807) is 11.8 Å². The standard InChI is InChI=1S/C14H17NO2/c1-10(16)14-13(8-9-15(14)11(2)17)12-6-4-3-5-7-12/h3-7,13-14H,8-9H2,1-2H3/t13-,14-/m1/s1. The number of Topliss-reactive ketones (excluding diaryl/α,β-unsaturated/α-hetero) is 1. The molecule has 3 nitrogen and oxygen atoms in total. The van der Waals surface area contributed by atoms with Crippen molar-refractivity contribution in [1.82, 2.24) is 4.90 Å². The molecular formula is C14H17NO2. The lowest BCUT2D eigenvalue weighted by molar-refractivity contribution is -0.135. The van der Waals surface area contributed by atoms with Crippen LogP contribution in [0.25, 0.3) is 0 Å². The van der Waals surface area contributed by atoms with Crippen molar-refractivity contribution < 1.29 is 9.59 Å². The summed E-state index contributed by atoms with van der Waals surface area (Å²) >= 11 is 0.